The van der Waals surface area contributed by atoms with Crippen molar-refractivity contribution < 1.29 is 23.1 Å². The summed E-state index contributed by atoms with van der Waals surface area (Å²) < 4.78 is 33.3. The summed E-state index contributed by atoms with van der Waals surface area (Å²) in [6.45, 7) is 3.75. The van der Waals surface area contributed by atoms with Gasteiger partial charge >= 0.3 is 12.1 Å². The molecule has 4 aromatic heterocycles. The minimum absolute atomic E-state index is 0.0935. The standard InChI is InChI=1S/C23H19N9O.C2HF3O2/c1-12-4-3-5-16-29-18(13(2)28-21-19-20(27-11-26-19)30-23(25)31-21)17(22(33)32(12)16)15-8-6-14(10-24)7-9-15;3-2(4,5)1(6)7/h3-9,11,13H,1-2H3,(H4,25,26,27,28,30,31);(H,6,7). The minimum Gasteiger partial charge on any atom is -0.475 e. The molecule has 204 valence electrons. The summed E-state index contributed by atoms with van der Waals surface area (Å²) >= 11 is 0. The zero-order valence-electron chi connectivity index (χ0n) is 20.9. The Balaban J connectivity index is 0.000000470. The second-order valence-electron chi connectivity index (χ2n) is 8.43. The monoisotopic (exact) mass is 551 g/mol. The molecule has 0 saturated heterocycles. The predicted molar refractivity (Wildman–Crippen MR) is 138 cm³/mol. The van der Waals surface area contributed by atoms with Crippen LogP contribution in [0.2, 0.25) is 0 Å². The fraction of sp³-hybridized carbons (Fsp3) is 0.160. The highest BCUT2D eigenvalue weighted by molar-refractivity contribution is 5.84. The first-order valence-corrected chi connectivity index (χ1v) is 11.5. The molecule has 0 radical (unpaired) electrons. The number of aryl methyl sites for hydroxylation is 1. The lowest BCUT2D eigenvalue weighted by Gasteiger charge is -2.19. The van der Waals surface area contributed by atoms with E-state index < -0.39 is 18.2 Å². The van der Waals surface area contributed by atoms with Gasteiger partial charge in [0.2, 0.25) is 5.95 Å². The van der Waals surface area contributed by atoms with Gasteiger partial charge in [0.25, 0.3) is 5.56 Å². The molecule has 0 spiro atoms. The number of rotatable bonds is 4. The topological polar surface area (TPSA) is 188 Å². The van der Waals surface area contributed by atoms with Gasteiger partial charge in [0.1, 0.15) is 11.2 Å². The summed E-state index contributed by atoms with van der Waals surface area (Å²) in [7, 11) is 0. The highest BCUT2D eigenvalue weighted by atomic mass is 19.4. The lowest BCUT2D eigenvalue weighted by Crippen LogP contribution is -2.24. The maximum absolute atomic E-state index is 13.7. The number of nitrogen functional groups attached to an aromatic ring is 1. The molecular weight excluding hydrogens is 531 g/mol. The summed E-state index contributed by atoms with van der Waals surface area (Å²) in [5.74, 6) is -2.23. The molecule has 5 rings (SSSR count). The van der Waals surface area contributed by atoms with E-state index in [1.54, 1.807) is 34.7 Å². The van der Waals surface area contributed by atoms with Gasteiger partial charge in [-0.3, -0.25) is 9.20 Å². The first kappa shape index (κ1) is 27.5. The maximum atomic E-state index is 13.7. The van der Waals surface area contributed by atoms with Crippen molar-refractivity contribution in [2.45, 2.75) is 26.1 Å². The maximum Gasteiger partial charge on any atom is 0.490 e. The number of H-pyrrole nitrogens is 1. The van der Waals surface area contributed by atoms with E-state index in [4.69, 9.17) is 25.9 Å². The molecular formula is C25H20F3N9O3. The molecule has 0 fully saturated rings. The van der Waals surface area contributed by atoms with Gasteiger partial charge < -0.3 is 21.1 Å². The number of carboxylic acids is 1. The quantitative estimate of drug-likeness (QED) is 0.257. The lowest BCUT2D eigenvalue weighted by atomic mass is 10.00. The van der Waals surface area contributed by atoms with Crippen LogP contribution in [0.1, 0.15) is 29.9 Å². The number of carbonyl (C=O) groups is 1. The van der Waals surface area contributed by atoms with Crippen LogP contribution in [-0.4, -0.2) is 46.6 Å². The molecule has 4 heterocycles. The summed E-state index contributed by atoms with van der Waals surface area (Å²) in [5, 5.41) is 19.6. The number of pyridine rings is 1. The second-order valence-corrected chi connectivity index (χ2v) is 8.43. The van der Waals surface area contributed by atoms with E-state index in [-0.39, 0.29) is 11.5 Å². The van der Waals surface area contributed by atoms with Crippen molar-refractivity contribution in [1.82, 2.24) is 29.3 Å². The average Bonchev–Trinajstić information content (AvgIpc) is 3.37. The van der Waals surface area contributed by atoms with E-state index in [2.05, 4.69) is 31.3 Å². The molecule has 15 heteroatoms. The van der Waals surface area contributed by atoms with Crippen LogP contribution in [-0.2, 0) is 4.79 Å². The number of hydrogen-bond acceptors (Lipinski definition) is 9. The fourth-order valence-electron chi connectivity index (χ4n) is 3.88. The van der Waals surface area contributed by atoms with Gasteiger partial charge in [0.05, 0.1) is 35.3 Å². The molecule has 0 aliphatic carbocycles. The molecule has 1 unspecified atom stereocenters. The van der Waals surface area contributed by atoms with Gasteiger partial charge in [-0.2, -0.15) is 28.4 Å². The van der Waals surface area contributed by atoms with E-state index in [9.17, 15) is 18.0 Å². The number of imidazole rings is 1. The van der Waals surface area contributed by atoms with Crippen LogP contribution in [0.3, 0.4) is 0 Å². The third-order valence-corrected chi connectivity index (χ3v) is 5.68. The van der Waals surface area contributed by atoms with Crippen molar-refractivity contribution in [3.63, 3.8) is 0 Å². The predicted octanol–water partition coefficient (Wildman–Crippen LogP) is 3.60. The van der Waals surface area contributed by atoms with Crippen molar-refractivity contribution in [3.8, 4) is 17.2 Å². The van der Waals surface area contributed by atoms with Crippen LogP contribution >= 0.6 is 0 Å². The molecule has 0 amide bonds. The Morgan fingerprint density at radius 1 is 1.18 bits per heavy atom. The van der Waals surface area contributed by atoms with E-state index in [0.29, 0.717) is 45.0 Å². The third-order valence-electron chi connectivity index (χ3n) is 5.68. The fourth-order valence-corrected chi connectivity index (χ4v) is 3.88. The van der Waals surface area contributed by atoms with Crippen LogP contribution < -0.4 is 16.6 Å². The number of alkyl halides is 3. The molecule has 0 aliphatic heterocycles. The summed E-state index contributed by atoms with van der Waals surface area (Å²) in [6, 6.07) is 14.1. The zero-order valence-corrected chi connectivity index (χ0v) is 20.9. The van der Waals surface area contributed by atoms with Crippen LogP contribution in [0.25, 0.3) is 27.9 Å². The van der Waals surface area contributed by atoms with Crippen molar-refractivity contribution >= 4 is 34.5 Å². The van der Waals surface area contributed by atoms with E-state index in [1.807, 2.05) is 26.0 Å². The molecule has 1 aromatic carbocycles. The molecule has 1 atom stereocenters. The van der Waals surface area contributed by atoms with E-state index in [1.165, 1.54) is 6.33 Å². The highest BCUT2D eigenvalue weighted by Crippen LogP contribution is 2.29. The Morgan fingerprint density at radius 2 is 1.85 bits per heavy atom. The number of aliphatic carboxylic acids is 1. The number of nitrogens with one attached hydrogen (secondary N) is 2. The third kappa shape index (κ3) is 5.50. The van der Waals surface area contributed by atoms with E-state index >= 15 is 0 Å². The summed E-state index contributed by atoms with van der Waals surface area (Å²) in [6.07, 6.45) is -3.57. The minimum atomic E-state index is -5.08. The molecule has 5 aromatic rings. The molecule has 0 aliphatic rings. The number of nitriles is 1. The Morgan fingerprint density at radius 3 is 2.48 bits per heavy atom. The number of fused-ring (bicyclic) bond motifs is 2. The largest absolute Gasteiger partial charge is 0.490 e. The van der Waals surface area contributed by atoms with Gasteiger partial charge in [-0.15, -0.1) is 0 Å². The van der Waals surface area contributed by atoms with Crippen molar-refractivity contribution in [2.75, 3.05) is 11.1 Å². The van der Waals surface area contributed by atoms with Gasteiger partial charge in [0, 0.05) is 5.69 Å². The summed E-state index contributed by atoms with van der Waals surface area (Å²) in [4.78, 5) is 43.0. The zero-order chi connectivity index (χ0) is 29.2. The number of benzene rings is 1. The van der Waals surface area contributed by atoms with Gasteiger partial charge in [-0.1, -0.05) is 18.2 Å². The Kier molecular flexibility index (Phi) is 7.35. The van der Waals surface area contributed by atoms with Crippen molar-refractivity contribution in [2.24, 2.45) is 0 Å². The number of halogens is 3. The Bertz CT molecular complexity index is 1820. The average molecular weight is 551 g/mol. The number of aromatic nitrogens is 6. The smallest absolute Gasteiger partial charge is 0.475 e. The second kappa shape index (κ2) is 10.7. The Hall–Kier alpha value is -5.52. The number of hydrogen-bond donors (Lipinski definition) is 4. The van der Waals surface area contributed by atoms with Crippen LogP contribution in [0.5, 0.6) is 0 Å². The number of anilines is 2. The van der Waals surface area contributed by atoms with Gasteiger partial charge in [0.15, 0.2) is 11.5 Å². The van der Waals surface area contributed by atoms with Crippen molar-refractivity contribution in [1.29, 1.82) is 5.26 Å². The number of aromatic amines is 1. The van der Waals surface area contributed by atoms with E-state index in [0.717, 1.165) is 5.69 Å². The number of nitrogens with zero attached hydrogens (tertiary/aromatic N) is 6. The number of carboxylic acid groups (broad SMARTS) is 1. The first-order valence-electron chi connectivity index (χ1n) is 11.5. The first-order chi connectivity index (χ1) is 18.9. The molecule has 5 N–H and O–H groups in total. The lowest BCUT2D eigenvalue weighted by molar-refractivity contribution is -0.192. The van der Waals surface area contributed by atoms with Crippen LogP contribution in [0, 0.1) is 18.3 Å². The molecule has 0 bridgehead atoms. The summed E-state index contributed by atoms with van der Waals surface area (Å²) in [5.41, 5.74) is 10.2. The van der Waals surface area contributed by atoms with Crippen LogP contribution in [0.15, 0.2) is 53.6 Å². The SMILES string of the molecule is Cc1cccc2nc(C(C)Nc3nc(N)nc4[nH]cnc34)c(-c3ccc(C#N)cc3)c(=O)n12.O=C(O)C(F)(F)F. The normalized spacial score (nSPS) is 11.9. The number of nitrogens with two attached hydrogens (primary N) is 1. The molecule has 0 saturated carbocycles. The van der Waals surface area contributed by atoms with Gasteiger partial charge in [-0.05, 0) is 43.7 Å². The molecule has 40 heavy (non-hydrogen) atoms. The van der Waals surface area contributed by atoms with Crippen molar-refractivity contribution in [3.05, 3.63) is 76.1 Å². The molecule has 12 nitrogen and oxygen atoms in total. The van der Waals surface area contributed by atoms with Gasteiger partial charge in [-0.25, -0.2) is 14.8 Å². The Labute approximate surface area is 223 Å². The van der Waals surface area contributed by atoms with Crippen LogP contribution in [0.4, 0.5) is 24.9 Å². The highest BCUT2D eigenvalue weighted by Gasteiger charge is 2.38.